The summed E-state index contributed by atoms with van der Waals surface area (Å²) in [6, 6.07) is 13.6. The third-order valence-electron chi connectivity index (χ3n) is 4.06. The van der Waals surface area contributed by atoms with Crippen molar-refractivity contribution in [3.8, 4) is 0 Å². The van der Waals surface area contributed by atoms with Crippen LogP contribution in [0, 0.1) is 12.7 Å². The van der Waals surface area contributed by atoms with Crippen LogP contribution in [0.2, 0.25) is 0 Å². The van der Waals surface area contributed by atoms with E-state index in [1.807, 2.05) is 30.3 Å². The summed E-state index contributed by atoms with van der Waals surface area (Å²) in [5, 5.41) is 0. The van der Waals surface area contributed by atoms with Crippen LogP contribution in [-0.2, 0) is 12.6 Å². The summed E-state index contributed by atoms with van der Waals surface area (Å²) in [4.78, 5) is 8.57. The average molecular weight is 360 g/mol. The van der Waals surface area contributed by atoms with Crippen molar-refractivity contribution in [2.24, 2.45) is 0 Å². The van der Waals surface area contributed by atoms with Gasteiger partial charge in [0, 0.05) is 17.8 Å². The molecule has 2 aromatic carbocycles. The van der Waals surface area contributed by atoms with Gasteiger partial charge in [0.15, 0.2) is 0 Å². The first-order chi connectivity index (χ1) is 12.3. The van der Waals surface area contributed by atoms with Gasteiger partial charge in [0.2, 0.25) is 0 Å². The number of hydrogen-bond acceptors (Lipinski definition) is 2. The molecule has 0 radical (unpaired) electrons. The first-order valence-corrected chi connectivity index (χ1v) is 8.04. The highest BCUT2D eigenvalue weighted by Crippen LogP contribution is 2.34. The van der Waals surface area contributed by atoms with E-state index in [0.717, 1.165) is 17.7 Å². The number of nitrogens with zero attached hydrogens (tertiary/aromatic N) is 2. The van der Waals surface area contributed by atoms with Gasteiger partial charge in [-0.1, -0.05) is 30.3 Å². The molecule has 3 rings (SSSR count). The van der Waals surface area contributed by atoms with Gasteiger partial charge in [-0.3, -0.25) is 0 Å². The number of aromatic nitrogens is 2. The molecule has 0 aliphatic rings. The average Bonchev–Trinajstić information content (AvgIpc) is 2.59. The maximum Gasteiger partial charge on any atom is 0.416 e. The molecule has 134 valence electrons. The molecule has 0 spiro atoms. The number of hydrogen-bond donors (Lipinski definition) is 0. The smallest absolute Gasteiger partial charge is 0.241 e. The Morgan fingerprint density at radius 1 is 1.00 bits per heavy atom. The predicted octanol–water partition coefficient (Wildman–Crippen LogP) is 5.32. The fourth-order valence-corrected chi connectivity index (χ4v) is 2.82. The number of aryl methyl sites for hydroxylation is 1. The van der Waals surface area contributed by atoms with Crippen molar-refractivity contribution in [2.75, 3.05) is 0 Å². The lowest BCUT2D eigenvalue weighted by Crippen LogP contribution is -2.13. The van der Waals surface area contributed by atoms with Crippen LogP contribution in [0.15, 0.2) is 60.8 Å². The maximum absolute atomic E-state index is 13.9. The number of halogens is 4. The van der Waals surface area contributed by atoms with Gasteiger partial charge < -0.3 is 0 Å². The molecule has 0 unspecified atom stereocenters. The SMILES string of the molecule is Cc1ccnc([C@@H](Cc2ccccc2)c2cc(F)cc(C(F)(F)F)c2)n1. The highest BCUT2D eigenvalue weighted by Gasteiger charge is 2.32. The summed E-state index contributed by atoms with van der Waals surface area (Å²) < 4.78 is 53.2. The molecule has 0 saturated carbocycles. The molecule has 6 heteroatoms. The fraction of sp³-hybridized carbons (Fsp3) is 0.200. The summed E-state index contributed by atoms with van der Waals surface area (Å²) in [5.74, 6) is -1.15. The van der Waals surface area contributed by atoms with Crippen molar-refractivity contribution in [3.63, 3.8) is 0 Å². The number of alkyl halides is 3. The molecule has 0 aliphatic heterocycles. The standard InChI is InChI=1S/C20H16F4N2/c1-13-7-8-25-19(26-13)18(9-14-5-3-2-4-6-14)15-10-16(20(22,23)24)12-17(21)11-15/h2-8,10-12,18H,9H2,1H3/t18-/m0/s1. The second-order valence-corrected chi connectivity index (χ2v) is 6.07. The summed E-state index contributed by atoms with van der Waals surface area (Å²) in [6.45, 7) is 1.78. The Morgan fingerprint density at radius 3 is 2.38 bits per heavy atom. The zero-order chi connectivity index (χ0) is 18.7. The van der Waals surface area contributed by atoms with Crippen molar-refractivity contribution >= 4 is 0 Å². The Balaban J connectivity index is 2.10. The molecular weight excluding hydrogens is 344 g/mol. The van der Waals surface area contributed by atoms with Crippen LogP contribution < -0.4 is 0 Å². The largest absolute Gasteiger partial charge is 0.416 e. The molecule has 0 saturated heterocycles. The molecule has 1 heterocycles. The van der Waals surface area contributed by atoms with Crippen molar-refractivity contribution in [1.82, 2.24) is 9.97 Å². The van der Waals surface area contributed by atoms with Crippen molar-refractivity contribution in [3.05, 3.63) is 94.8 Å². The van der Waals surface area contributed by atoms with Gasteiger partial charge in [0.05, 0.1) is 5.56 Å². The zero-order valence-electron chi connectivity index (χ0n) is 14.0. The van der Waals surface area contributed by atoms with E-state index in [9.17, 15) is 17.6 Å². The van der Waals surface area contributed by atoms with Gasteiger partial charge >= 0.3 is 6.18 Å². The van der Waals surface area contributed by atoms with Crippen molar-refractivity contribution in [1.29, 1.82) is 0 Å². The quantitative estimate of drug-likeness (QED) is 0.589. The van der Waals surface area contributed by atoms with Crippen LogP contribution >= 0.6 is 0 Å². The molecule has 3 aromatic rings. The number of benzene rings is 2. The summed E-state index contributed by atoms with van der Waals surface area (Å²) >= 11 is 0. The minimum atomic E-state index is -4.62. The molecule has 26 heavy (non-hydrogen) atoms. The van der Waals surface area contributed by atoms with E-state index >= 15 is 0 Å². The van der Waals surface area contributed by atoms with E-state index in [-0.39, 0.29) is 5.56 Å². The van der Waals surface area contributed by atoms with E-state index in [2.05, 4.69) is 9.97 Å². The molecule has 0 fully saturated rings. The normalized spacial score (nSPS) is 12.8. The van der Waals surface area contributed by atoms with Crippen LogP contribution in [0.4, 0.5) is 17.6 Å². The Bertz CT molecular complexity index is 892. The minimum Gasteiger partial charge on any atom is -0.241 e. The van der Waals surface area contributed by atoms with Crippen LogP contribution in [0.5, 0.6) is 0 Å². The first-order valence-electron chi connectivity index (χ1n) is 8.04. The Kier molecular flexibility index (Phi) is 5.02. The predicted molar refractivity (Wildman–Crippen MR) is 90.2 cm³/mol. The van der Waals surface area contributed by atoms with E-state index in [4.69, 9.17) is 0 Å². The molecule has 2 nitrogen and oxygen atoms in total. The highest BCUT2D eigenvalue weighted by atomic mass is 19.4. The fourth-order valence-electron chi connectivity index (χ4n) is 2.82. The van der Waals surface area contributed by atoms with Crippen LogP contribution in [0.3, 0.4) is 0 Å². The molecule has 1 atom stereocenters. The van der Waals surface area contributed by atoms with E-state index < -0.39 is 23.5 Å². The van der Waals surface area contributed by atoms with Gasteiger partial charge in [0.25, 0.3) is 0 Å². The van der Waals surface area contributed by atoms with Gasteiger partial charge in [0.1, 0.15) is 11.6 Å². The minimum absolute atomic E-state index is 0.201. The zero-order valence-corrected chi connectivity index (χ0v) is 14.0. The van der Waals surface area contributed by atoms with Gasteiger partial charge in [-0.2, -0.15) is 13.2 Å². The van der Waals surface area contributed by atoms with Gasteiger partial charge in [-0.15, -0.1) is 0 Å². The van der Waals surface area contributed by atoms with Crippen molar-refractivity contribution < 1.29 is 17.6 Å². The van der Waals surface area contributed by atoms with Crippen molar-refractivity contribution in [2.45, 2.75) is 25.4 Å². The summed E-state index contributed by atoms with van der Waals surface area (Å²) in [6.07, 6.45) is -2.70. The second-order valence-electron chi connectivity index (χ2n) is 6.07. The highest BCUT2D eigenvalue weighted by molar-refractivity contribution is 5.34. The Labute approximate surface area is 148 Å². The molecular formula is C20H16F4N2. The molecule has 1 aromatic heterocycles. The van der Waals surface area contributed by atoms with Gasteiger partial charge in [-0.05, 0) is 48.7 Å². The third-order valence-corrected chi connectivity index (χ3v) is 4.06. The third kappa shape index (κ3) is 4.25. The maximum atomic E-state index is 13.9. The molecule has 0 aliphatic carbocycles. The Morgan fingerprint density at radius 2 is 1.73 bits per heavy atom. The second kappa shape index (κ2) is 7.23. The lowest BCUT2D eigenvalue weighted by molar-refractivity contribution is -0.137. The Hall–Kier alpha value is -2.76. The van der Waals surface area contributed by atoms with E-state index in [0.29, 0.717) is 24.0 Å². The molecule has 0 amide bonds. The summed E-state index contributed by atoms with van der Waals surface area (Å²) in [5.41, 5.74) is 0.783. The molecule has 0 N–H and O–H groups in total. The van der Waals surface area contributed by atoms with Crippen LogP contribution in [-0.4, -0.2) is 9.97 Å². The topological polar surface area (TPSA) is 25.8 Å². The van der Waals surface area contributed by atoms with Crippen LogP contribution in [0.25, 0.3) is 0 Å². The lowest BCUT2D eigenvalue weighted by Gasteiger charge is -2.18. The van der Waals surface area contributed by atoms with E-state index in [1.165, 1.54) is 0 Å². The number of rotatable bonds is 4. The first kappa shape index (κ1) is 18.0. The lowest BCUT2D eigenvalue weighted by atomic mass is 9.90. The monoisotopic (exact) mass is 360 g/mol. The van der Waals surface area contributed by atoms with Crippen LogP contribution in [0.1, 0.15) is 34.1 Å². The summed E-state index contributed by atoms with van der Waals surface area (Å²) in [7, 11) is 0. The van der Waals surface area contributed by atoms with Gasteiger partial charge in [-0.25, -0.2) is 14.4 Å². The molecule has 0 bridgehead atoms. The van der Waals surface area contributed by atoms with E-state index in [1.54, 1.807) is 19.2 Å².